The van der Waals surface area contributed by atoms with Crippen LogP contribution in [0.4, 0.5) is 11.4 Å². The molecule has 4 rings (SSSR count). The summed E-state index contributed by atoms with van der Waals surface area (Å²) < 4.78 is 11.2. The van der Waals surface area contributed by atoms with Crippen LogP contribution < -0.4 is 20.1 Å². The molecule has 38 heavy (non-hydrogen) atoms. The van der Waals surface area contributed by atoms with Gasteiger partial charge in [0.1, 0.15) is 11.5 Å². The maximum Gasteiger partial charge on any atom is 0.259 e. The van der Waals surface area contributed by atoms with Gasteiger partial charge in [0.05, 0.1) is 24.3 Å². The molecule has 0 unspecified atom stereocenters. The van der Waals surface area contributed by atoms with Crippen molar-refractivity contribution >= 4 is 23.2 Å². The smallest absolute Gasteiger partial charge is 0.259 e. The second kappa shape index (κ2) is 12.1. The van der Waals surface area contributed by atoms with Crippen LogP contribution >= 0.6 is 0 Å². The van der Waals surface area contributed by atoms with Gasteiger partial charge >= 0.3 is 0 Å². The SMILES string of the molecule is CCOc1ccccc1C(=O)Nc1ccc(-c2ccc(NC(=O)c3ccccc3OCC)c(C)c2)cc1C. The summed E-state index contributed by atoms with van der Waals surface area (Å²) in [4.78, 5) is 25.8. The number of hydrogen-bond acceptors (Lipinski definition) is 4. The lowest BCUT2D eigenvalue weighted by atomic mass is 9.99. The third kappa shape index (κ3) is 6.03. The Morgan fingerprint density at radius 1 is 0.605 bits per heavy atom. The number of benzene rings is 4. The molecule has 0 saturated heterocycles. The van der Waals surface area contributed by atoms with Gasteiger partial charge in [-0.2, -0.15) is 0 Å². The molecule has 0 spiro atoms. The minimum Gasteiger partial charge on any atom is -0.493 e. The van der Waals surface area contributed by atoms with E-state index in [0.717, 1.165) is 33.6 Å². The van der Waals surface area contributed by atoms with Crippen molar-refractivity contribution in [2.75, 3.05) is 23.8 Å². The van der Waals surface area contributed by atoms with E-state index in [9.17, 15) is 9.59 Å². The van der Waals surface area contributed by atoms with Crippen molar-refractivity contribution in [2.45, 2.75) is 27.7 Å². The second-order valence-corrected chi connectivity index (χ2v) is 8.83. The van der Waals surface area contributed by atoms with Crippen molar-refractivity contribution in [3.63, 3.8) is 0 Å². The lowest BCUT2D eigenvalue weighted by Crippen LogP contribution is -2.14. The number of ether oxygens (including phenoxy) is 2. The number of hydrogen-bond donors (Lipinski definition) is 2. The number of aryl methyl sites for hydroxylation is 2. The molecule has 6 heteroatoms. The Kier molecular flexibility index (Phi) is 8.44. The van der Waals surface area contributed by atoms with Gasteiger partial charge in [0, 0.05) is 11.4 Å². The van der Waals surface area contributed by atoms with Crippen molar-refractivity contribution in [1.82, 2.24) is 0 Å². The summed E-state index contributed by atoms with van der Waals surface area (Å²) in [5.74, 6) is 0.690. The van der Waals surface area contributed by atoms with Crippen LogP contribution in [-0.2, 0) is 0 Å². The van der Waals surface area contributed by atoms with Crippen LogP contribution in [0.3, 0.4) is 0 Å². The van der Waals surface area contributed by atoms with Crippen molar-refractivity contribution in [1.29, 1.82) is 0 Å². The zero-order valence-electron chi connectivity index (χ0n) is 22.1. The first-order chi connectivity index (χ1) is 18.4. The molecule has 2 N–H and O–H groups in total. The molecule has 0 aliphatic rings. The van der Waals surface area contributed by atoms with Crippen molar-refractivity contribution in [3.8, 4) is 22.6 Å². The Morgan fingerprint density at radius 3 is 1.37 bits per heavy atom. The molecule has 0 heterocycles. The van der Waals surface area contributed by atoms with Crippen LogP contribution in [0.2, 0.25) is 0 Å². The van der Waals surface area contributed by atoms with Crippen molar-refractivity contribution in [2.24, 2.45) is 0 Å². The van der Waals surface area contributed by atoms with Crippen LogP contribution in [0.1, 0.15) is 45.7 Å². The standard InChI is InChI=1S/C32H32N2O4/c1-5-37-29-13-9-7-11-25(29)31(35)33-27-17-15-23(19-21(27)3)24-16-18-28(22(4)20-24)34-32(36)26-12-8-10-14-30(26)38-6-2/h7-20H,5-6H2,1-4H3,(H,33,35)(H,34,36). The van der Waals surface area contributed by atoms with E-state index < -0.39 is 0 Å². The van der Waals surface area contributed by atoms with Gasteiger partial charge in [-0.25, -0.2) is 0 Å². The van der Waals surface area contributed by atoms with E-state index in [2.05, 4.69) is 10.6 Å². The molecule has 0 aliphatic carbocycles. The summed E-state index contributed by atoms with van der Waals surface area (Å²) in [5.41, 5.74) is 6.36. The van der Waals surface area contributed by atoms with Crippen LogP contribution in [0.15, 0.2) is 84.9 Å². The average Bonchev–Trinajstić information content (AvgIpc) is 2.92. The van der Waals surface area contributed by atoms with E-state index in [1.54, 1.807) is 24.3 Å². The summed E-state index contributed by atoms with van der Waals surface area (Å²) in [6, 6.07) is 26.3. The minimum absolute atomic E-state index is 0.216. The van der Waals surface area contributed by atoms with Gasteiger partial charge in [-0.05, 0) is 98.5 Å². The molecule has 0 fully saturated rings. The first-order valence-corrected chi connectivity index (χ1v) is 12.7. The van der Waals surface area contributed by atoms with E-state index >= 15 is 0 Å². The monoisotopic (exact) mass is 508 g/mol. The highest BCUT2D eigenvalue weighted by Crippen LogP contribution is 2.29. The maximum atomic E-state index is 12.9. The molecular weight excluding hydrogens is 476 g/mol. The summed E-state index contributed by atoms with van der Waals surface area (Å²) in [6.45, 7) is 8.68. The highest BCUT2D eigenvalue weighted by atomic mass is 16.5. The van der Waals surface area contributed by atoms with Gasteiger partial charge in [0.25, 0.3) is 11.8 Å². The fourth-order valence-electron chi connectivity index (χ4n) is 4.22. The van der Waals surface area contributed by atoms with Gasteiger partial charge in [0.15, 0.2) is 0 Å². The summed E-state index contributed by atoms with van der Waals surface area (Å²) in [7, 11) is 0. The number of nitrogens with one attached hydrogen (secondary N) is 2. The molecule has 4 aromatic rings. The molecule has 0 aliphatic heterocycles. The molecule has 0 aromatic heterocycles. The Morgan fingerprint density at radius 2 is 1.00 bits per heavy atom. The zero-order valence-corrected chi connectivity index (χ0v) is 22.1. The fourth-order valence-corrected chi connectivity index (χ4v) is 4.22. The quantitative estimate of drug-likeness (QED) is 0.249. The van der Waals surface area contributed by atoms with E-state index in [-0.39, 0.29) is 11.8 Å². The molecule has 2 amide bonds. The van der Waals surface area contributed by atoms with E-state index in [1.807, 2.05) is 88.4 Å². The lowest BCUT2D eigenvalue weighted by Gasteiger charge is -2.14. The van der Waals surface area contributed by atoms with Gasteiger partial charge in [-0.1, -0.05) is 36.4 Å². The Labute approximate surface area is 223 Å². The molecule has 6 nitrogen and oxygen atoms in total. The maximum absolute atomic E-state index is 12.9. The van der Waals surface area contributed by atoms with E-state index in [1.165, 1.54) is 0 Å². The highest BCUT2D eigenvalue weighted by Gasteiger charge is 2.15. The Hall–Kier alpha value is -4.58. The first kappa shape index (κ1) is 26.5. The Balaban J connectivity index is 1.50. The van der Waals surface area contributed by atoms with Crippen LogP contribution in [0, 0.1) is 13.8 Å². The van der Waals surface area contributed by atoms with E-state index in [0.29, 0.717) is 35.8 Å². The number of para-hydroxylation sites is 2. The van der Waals surface area contributed by atoms with Crippen LogP contribution in [-0.4, -0.2) is 25.0 Å². The first-order valence-electron chi connectivity index (χ1n) is 12.7. The number of rotatable bonds is 9. The molecule has 0 radical (unpaired) electrons. The van der Waals surface area contributed by atoms with Crippen molar-refractivity contribution < 1.29 is 19.1 Å². The third-order valence-corrected chi connectivity index (χ3v) is 6.15. The van der Waals surface area contributed by atoms with Crippen LogP contribution in [0.25, 0.3) is 11.1 Å². The topological polar surface area (TPSA) is 76.7 Å². The minimum atomic E-state index is -0.216. The number of carbonyl (C=O) groups is 2. The van der Waals surface area contributed by atoms with Gasteiger partial charge < -0.3 is 20.1 Å². The second-order valence-electron chi connectivity index (χ2n) is 8.83. The molecule has 194 valence electrons. The average molecular weight is 509 g/mol. The predicted octanol–water partition coefficient (Wildman–Crippen LogP) is 7.27. The zero-order chi connectivity index (χ0) is 27.1. The highest BCUT2D eigenvalue weighted by molar-refractivity contribution is 6.07. The molecular formula is C32H32N2O4. The number of carbonyl (C=O) groups excluding carboxylic acids is 2. The summed E-state index contributed by atoms with van der Waals surface area (Å²) in [5, 5.41) is 6.00. The Bertz CT molecular complexity index is 1350. The van der Waals surface area contributed by atoms with Crippen molar-refractivity contribution in [3.05, 3.63) is 107 Å². The lowest BCUT2D eigenvalue weighted by molar-refractivity contribution is 0.101. The van der Waals surface area contributed by atoms with E-state index in [4.69, 9.17) is 9.47 Å². The normalized spacial score (nSPS) is 10.5. The molecule has 0 atom stereocenters. The fraction of sp³-hybridized carbons (Fsp3) is 0.188. The molecule has 4 aromatic carbocycles. The summed E-state index contributed by atoms with van der Waals surface area (Å²) >= 11 is 0. The predicted molar refractivity (Wildman–Crippen MR) is 152 cm³/mol. The number of anilines is 2. The van der Waals surface area contributed by atoms with Gasteiger partial charge in [-0.3, -0.25) is 9.59 Å². The number of amides is 2. The largest absolute Gasteiger partial charge is 0.493 e. The molecule has 0 bridgehead atoms. The molecule has 0 saturated carbocycles. The van der Waals surface area contributed by atoms with Gasteiger partial charge in [-0.15, -0.1) is 0 Å². The third-order valence-electron chi connectivity index (χ3n) is 6.15. The van der Waals surface area contributed by atoms with Gasteiger partial charge in [0.2, 0.25) is 0 Å². The summed E-state index contributed by atoms with van der Waals surface area (Å²) in [6.07, 6.45) is 0. The van der Waals surface area contributed by atoms with Crippen LogP contribution in [0.5, 0.6) is 11.5 Å².